The Hall–Kier alpha value is -1.92. The molecule has 2 amide bonds. The topological polar surface area (TPSA) is 69.9 Å². The average molecular weight is 415 g/mol. The van der Waals surface area contributed by atoms with Gasteiger partial charge in [0.1, 0.15) is 0 Å². The van der Waals surface area contributed by atoms with Gasteiger partial charge in [0, 0.05) is 51.7 Å². The van der Waals surface area contributed by atoms with Crippen LogP contribution in [0.1, 0.15) is 49.8 Å². The Morgan fingerprint density at radius 1 is 0.967 bits per heavy atom. The van der Waals surface area contributed by atoms with Crippen molar-refractivity contribution in [2.75, 3.05) is 45.8 Å². The van der Waals surface area contributed by atoms with Gasteiger partial charge in [-0.2, -0.15) is 0 Å². The second-order valence-electron chi connectivity index (χ2n) is 8.70. The average Bonchev–Trinajstić information content (AvgIpc) is 2.77. The number of hydrogen-bond donors (Lipinski definition) is 1. The molecule has 0 spiro atoms. The van der Waals surface area contributed by atoms with E-state index in [1.54, 1.807) is 0 Å². The molecule has 2 heterocycles. The molecule has 30 heavy (non-hydrogen) atoms. The van der Waals surface area contributed by atoms with Crippen LogP contribution in [-0.4, -0.2) is 78.4 Å². The Bertz CT molecular complexity index is 720. The zero-order valence-corrected chi connectivity index (χ0v) is 18.7. The number of benzene rings is 1. The minimum atomic E-state index is -0.243. The highest BCUT2D eigenvalue weighted by Crippen LogP contribution is 2.19. The second-order valence-corrected chi connectivity index (χ2v) is 8.70. The molecular weight excluding hydrogens is 376 g/mol. The van der Waals surface area contributed by atoms with Crippen molar-refractivity contribution in [2.45, 2.75) is 58.4 Å². The summed E-state index contributed by atoms with van der Waals surface area (Å²) in [7, 11) is 0. The summed E-state index contributed by atoms with van der Waals surface area (Å²) in [6.07, 6.45) is 5.70. The number of nitrogens with two attached hydrogens (primary N) is 1. The number of likely N-dealkylation sites (tertiary alicyclic amines) is 1. The lowest BCUT2D eigenvalue weighted by atomic mass is 9.98. The number of nitrogens with zero attached hydrogens (tertiary/aromatic N) is 3. The first-order valence-electron chi connectivity index (χ1n) is 11.6. The summed E-state index contributed by atoms with van der Waals surface area (Å²) in [5.41, 5.74) is 9.42. The number of piperazine rings is 1. The lowest BCUT2D eigenvalue weighted by molar-refractivity contribution is -0.133. The van der Waals surface area contributed by atoms with Crippen LogP contribution in [0.3, 0.4) is 0 Å². The predicted octanol–water partition coefficient (Wildman–Crippen LogP) is 1.84. The molecule has 6 nitrogen and oxygen atoms in total. The molecule has 2 N–H and O–H groups in total. The van der Waals surface area contributed by atoms with E-state index in [1.165, 1.54) is 16.7 Å². The summed E-state index contributed by atoms with van der Waals surface area (Å²) in [6.45, 7) is 10.2. The summed E-state index contributed by atoms with van der Waals surface area (Å²) in [4.78, 5) is 30.5. The highest BCUT2D eigenvalue weighted by Gasteiger charge is 2.29. The molecule has 2 aliphatic rings. The van der Waals surface area contributed by atoms with E-state index in [2.05, 4.69) is 41.8 Å². The standard InChI is InChI=1S/C24H38N4O2/c1-3-20-7-5-19(17-21(20)4-2)6-8-24(30)28-15-13-27(14-16-28)22-9-11-26(12-10-22)18-23(25)29/h5,7,17,22H,3-4,6,8-16,18H2,1-2H3,(H2,25,29). The number of primary amides is 1. The van der Waals surface area contributed by atoms with E-state index in [9.17, 15) is 9.59 Å². The van der Waals surface area contributed by atoms with Gasteiger partial charge in [-0.1, -0.05) is 32.0 Å². The molecule has 1 aromatic rings. The Balaban J connectivity index is 1.41. The van der Waals surface area contributed by atoms with Crippen molar-refractivity contribution in [1.29, 1.82) is 0 Å². The van der Waals surface area contributed by atoms with Crippen molar-refractivity contribution in [3.05, 3.63) is 34.9 Å². The molecule has 0 radical (unpaired) electrons. The predicted molar refractivity (Wildman–Crippen MR) is 120 cm³/mol. The number of aryl methyl sites for hydroxylation is 3. The van der Waals surface area contributed by atoms with Crippen molar-refractivity contribution >= 4 is 11.8 Å². The van der Waals surface area contributed by atoms with Crippen LogP contribution in [-0.2, 0) is 28.9 Å². The first-order chi connectivity index (χ1) is 14.5. The van der Waals surface area contributed by atoms with Crippen molar-refractivity contribution in [2.24, 2.45) is 5.73 Å². The van der Waals surface area contributed by atoms with Crippen LogP contribution in [0, 0.1) is 0 Å². The van der Waals surface area contributed by atoms with Crippen LogP contribution in [0.15, 0.2) is 18.2 Å². The molecular formula is C24H38N4O2. The minimum Gasteiger partial charge on any atom is -0.369 e. The molecule has 0 bridgehead atoms. The molecule has 1 aromatic carbocycles. The third-order valence-electron chi connectivity index (χ3n) is 6.78. The number of carbonyl (C=O) groups excluding carboxylic acids is 2. The van der Waals surface area contributed by atoms with Gasteiger partial charge in [-0.25, -0.2) is 0 Å². The zero-order chi connectivity index (χ0) is 21.5. The minimum absolute atomic E-state index is 0.243. The third kappa shape index (κ3) is 6.05. The van der Waals surface area contributed by atoms with Gasteiger partial charge in [0.2, 0.25) is 11.8 Å². The maximum Gasteiger partial charge on any atom is 0.231 e. The van der Waals surface area contributed by atoms with Gasteiger partial charge in [-0.3, -0.25) is 19.4 Å². The van der Waals surface area contributed by atoms with Crippen LogP contribution in [0.5, 0.6) is 0 Å². The molecule has 2 fully saturated rings. The molecule has 0 atom stereocenters. The molecule has 166 valence electrons. The quantitative estimate of drug-likeness (QED) is 0.705. The number of amides is 2. The molecule has 6 heteroatoms. The molecule has 2 aliphatic heterocycles. The SMILES string of the molecule is CCc1ccc(CCC(=O)N2CCN(C3CCN(CC(N)=O)CC3)CC2)cc1CC. The van der Waals surface area contributed by atoms with Crippen LogP contribution >= 0.6 is 0 Å². The monoisotopic (exact) mass is 414 g/mol. The van der Waals surface area contributed by atoms with E-state index in [4.69, 9.17) is 5.73 Å². The Morgan fingerprint density at radius 2 is 1.63 bits per heavy atom. The molecule has 3 rings (SSSR count). The summed E-state index contributed by atoms with van der Waals surface area (Å²) >= 11 is 0. The van der Waals surface area contributed by atoms with Gasteiger partial charge in [-0.05, 0) is 48.8 Å². The number of rotatable bonds is 8. The smallest absolute Gasteiger partial charge is 0.231 e. The lowest BCUT2D eigenvalue weighted by Gasteiger charge is -2.42. The Kier molecular flexibility index (Phi) is 8.28. The number of carbonyl (C=O) groups is 2. The van der Waals surface area contributed by atoms with Crippen LogP contribution in [0.2, 0.25) is 0 Å². The first kappa shape index (κ1) is 22.8. The summed E-state index contributed by atoms with van der Waals surface area (Å²) in [5, 5.41) is 0. The fourth-order valence-electron chi connectivity index (χ4n) is 4.92. The molecule has 0 aromatic heterocycles. The molecule has 0 aliphatic carbocycles. The van der Waals surface area contributed by atoms with E-state index in [0.29, 0.717) is 19.0 Å². The van der Waals surface area contributed by atoms with Crippen LogP contribution in [0.25, 0.3) is 0 Å². The van der Waals surface area contributed by atoms with E-state index < -0.39 is 0 Å². The van der Waals surface area contributed by atoms with E-state index >= 15 is 0 Å². The third-order valence-corrected chi connectivity index (χ3v) is 6.78. The van der Waals surface area contributed by atoms with Gasteiger partial charge >= 0.3 is 0 Å². The lowest BCUT2D eigenvalue weighted by Crippen LogP contribution is -2.54. The number of piperidine rings is 1. The Labute approximate surface area is 181 Å². The zero-order valence-electron chi connectivity index (χ0n) is 18.7. The molecule has 0 unspecified atom stereocenters. The van der Waals surface area contributed by atoms with E-state index in [1.807, 2.05) is 4.90 Å². The summed E-state index contributed by atoms with van der Waals surface area (Å²) in [6, 6.07) is 7.27. The highest BCUT2D eigenvalue weighted by atomic mass is 16.2. The fourth-order valence-corrected chi connectivity index (χ4v) is 4.92. The van der Waals surface area contributed by atoms with Crippen LogP contribution in [0.4, 0.5) is 0 Å². The molecule has 2 saturated heterocycles. The highest BCUT2D eigenvalue weighted by molar-refractivity contribution is 5.76. The van der Waals surface area contributed by atoms with Gasteiger partial charge in [0.25, 0.3) is 0 Å². The van der Waals surface area contributed by atoms with Crippen molar-refractivity contribution in [3.63, 3.8) is 0 Å². The molecule has 0 saturated carbocycles. The number of hydrogen-bond acceptors (Lipinski definition) is 4. The fraction of sp³-hybridized carbons (Fsp3) is 0.667. The van der Waals surface area contributed by atoms with Gasteiger partial charge in [0.05, 0.1) is 6.54 Å². The maximum absolute atomic E-state index is 12.7. The second kappa shape index (κ2) is 10.9. The van der Waals surface area contributed by atoms with Crippen molar-refractivity contribution in [3.8, 4) is 0 Å². The van der Waals surface area contributed by atoms with Gasteiger partial charge in [-0.15, -0.1) is 0 Å². The van der Waals surface area contributed by atoms with Crippen molar-refractivity contribution in [1.82, 2.24) is 14.7 Å². The van der Waals surface area contributed by atoms with Crippen LogP contribution < -0.4 is 5.73 Å². The largest absolute Gasteiger partial charge is 0.369 e. The first-order valence-corrected chi connectivity index (χ1v) is 11.6. The van der Waals surface area contributed by atoms with Crippen molar-refractivity contribution < 1.29 is 9.59 Å². The maximum atomic E-state index is 12.7. The van der Waals surface area contributed by atoms with Gasteiger partial charge < -0.3 is 10.6 Å². The van der Waals surface area contributed by atoms with E-state index in [0.717, 1.165) is 71.4 Å². The van der Waals surface area contributed by atoms with Gasteiger partial charge in [0.15, 0.2) is 0 Å². The Morgan fingerprint density at radius 3 is 2.23 bits per heavy atom. The normalized spacial score (nSPS) is 19.2. The summed E-state index contributed by atoms with van der Waals surface area (Å²) in [5.74, 6) is 0.0383. The van der Waals surface area contributed by atoms with E-state index in [-0.39, 0.29) is 11.8 Å². The summed E-state index contributed by atoms with van der Waals surface area (Å²) < 4.78 is 0.